The number of piperidine rings is 1. The summed E-state index contributed by atoms with van der Waals surface area (Å²) in [5.74, 6) is 0.858. The molecule has 0 radical (unpaired) electrons. The molecule has 1 aromatic carbocycles. The molecule has 0 aromatic heterocycles. The third kappa shape index (κ3) is 3.92. The number of likely N-dealkylation sites (N-methyl/N-ethyl adjacent to an activating group) is 1. The van der Waals surface area contributed by atoms with Crippen molar-refractivity contribution in [2.45, 2.75) is 51.0 Å². The van der Waals surface area contributed by atoms with E-state index >= 15 is 0 Å². The van der Waals surface area contributed by atoms with Gasteiger partial charge in [0.1, 0.15) is 5.54 Å². The summed E-state index contributed by atoms with van der Waals surface area (Å²) in [4.78, 5) is 15.2. The molecule has 4 nitrogen and oxygen atoms in total. The van der Waals surface area contributed by atoms with E-state index in [2.05, 4.69) is 41.8 Å². The van der Waals surface area contributed by atoms with Gasteiger partial charge in [0.2, 0.25) is 5.91 Å². The third-order valence-corrected chi connectivity index (χ3v) is 5.58. The number of rotatable bonds is 5. The molecule has 3 rings (SSSR count). The number of aryl methyl sites for hydroxylation is 1. The molecule has 1 aliphatic heterocycles. The van der Waals surface area contributed by atoms with E-state index in [-0.39, 0.29) is 5.91 Å². The molecular weight excluding hydrogens is 298 g/mol. The summed E-state index contributed by atoms with van der Waals surface area (Å²) < 4.78 is 0. The van der Waals surface area contributed by atoms with Gasteiger partial charge in [-0.3, -0.25) is 4.79 Å². The molecule has 0 bridgehead atoms. The summed E-state index contributed by atoms with van der Waals surface area (Å²) in [7, 11) is 1.98. The van der Waals surface area contributed by atoms with E-state index in [1.54, 1.807) is 0 Å². The van der Waals surface area contributed by atoms with Crippen LogP contribution in [0.2, 0.25) is 0 Å². The third-order valence-electron chi connectivity index (χ3n) is 5.58. The lowest BCUT2D eigenvalue weighted by Gasteiger charge is -2.36. The second-order valence-electron chi connectivity index (χ2n) is 7.68. The van der Waals surface area contributed by atoms with Crippen molar-refractivity contribution >= 4 is 11.6 Å². The first-order chi connectivity index (χ1) is 11.6. The maximum absolute atomic E-state index is 13.3. The average Bonchev–Trinajstić information content (AvgIpc) is 3.07. The SMILES string of the molecule is Cc1ccc(NC2(C(=O)N(C)CC3CCCNC3)CCCC2)cc1. The molecule has 2 N–H and O–H groups in total. The Hall–Kier alpha value is -1.55. The predicted molar refractivity (Wildman–Crippen MR) is 99.2 cm³/mol. The van der Waals surface area contributed by atoms with E-state index in [0.29, 0.717) is 5.92 Å². The van der Waals surface area contributed by atoms with Crippen LogP contribution in [0.1, 0.15) is 44.1 Å². The zero-order chi connectivity index (χ0) is 17.0. The number of amides is 1. The van der Waals surface area contributed by atoms with Crippen molar-refractivity contribution in [3.63, 3.8) is 0 Å². The zero-order valence-electron chi connectivity index (χ0n) is 15.1. The van der Waals surface area contributed by atoms with Crippen LogP contribution in [0.25, 0.3) is 0 Å². The number of hydrogen-bond acceptors (Lipinski definition) is 3. The highest BCUT2D eigenvalue weighted by Crippen LogP contribution is 2.35. The predicted octanol–water partition coefficient (Wildman–Crippen LogP) is 3.18. The fraction of sp³-hybridized carbons (Fsp3) is 0.650. The summed E-state index contributed by atoms with van der Waals surface area (Å²) in [6, 6.07) is 8.39. The molecule has 1 atom stereocenters. The van der Waals surface area contributed by atoms with Crippen LogP contribution in [0, 0.1) is 12.8 Å². The lowest BCUT2D eigenvalue weighted by molar-refractivity contribution is -0.135. The Balaban J connectivity index is 1.68. The smallest absolute Gasteiger partial charge is 0.247 e. The van der Waals surface area contributed by atoms with Crippen molar-refractivity contribution in [3.8, 4) is 0 Å². The highest BCUT2D eigenvalue weighted by Gasteiger charge is 2.43. The minimum Gasteiger partial charge on any atom is -0.371 e. The molecule has 1 saturated carbocycles. The Labute approximate surface area is 146 Å². The van der Waals surface area contributed by atoms with Gasteiger partial charge < -0.3 is 15.5 Å². The van der Waals surface area contributed by atoms with E-state index in [4.69, 9.17) is 0 Å². The Kier molecular flexibility index (Phi) is 5.44. The Morgan fingerprint density at radius 2 is 1.96 bits per heavy atom. The van der Waals surface area contributed by atoms with Gasteiger partial charge in [-0.2, -0.15) is 0 Å². The van der Waals surface area contributed by atoms with Crippen LogP contribution in [0.4, 0.5) is 5.69 Å². The van der Waals surface area contributed by atoms with Gasteiger partial charge in [-0.05, 0) is 63.7 Å². The van der Waals surface area contributed by atoms with E-state index in [9.17, 15) is 4.79 Å². The van der Waals surface area contributed by atoms with Gasteiger partial charge >= 0.3 is 0 Å². The molecule has 1 amide bonds. The first-order valence-electron chi connectivity index (χ1n) is 9.40. The van der Waals surface area contributed by atoms with Crippen molar-refractivity contribution in [1.82, 2.24) is 10.2 Å². The van der Waals surface area contributed by atoms with Gasteiger partial charge in [-0.25, -0.2) is 0 Å². The van der Waals surface area contributed by atoms with Crippen LogP contribution < -0.4 is 10.6 Å². The van der Waals surface area contributed by atoms with Crippen molar-refractivity contribution in [3.05, 3.63) is 29.8 Å². The first kappa shape index (κ1) is 17.3. The van der Waals surface area contributed by atoms with Crippen molar-refractivity contribution in [2.24, 2.45) is 5.92 Å². The fourth-order valence-corrected chi connectivity index (χ4v) is 4.20. The molecule has 132 valence electrons. The minimum absolute atomic E-state index is 0.270. The molecule has 4 heteroatoms. The number of carbonyl (C=O) groups is 1. The average molecular weight is 329 g/mol. The van der Waals surface area contributed by atoms with Crippen molar-refractivity contribution in [2.75, 3.05) is 32.0 Å². The molecule has 1 aliphatic carbocycles. The first-order valence-corrected chi connectivity index (χ1v) is 9.40. The van der Waals surface area contributed by atoms with Crippen molar-refractivity contribution < 1.29 is 4.79 Å². The number of carbonyl (C=O) groups excluding carboxylic acids is 1. The molecule has 1 saturated heterocycles. The standard InChI is InChI=1S/C20H31N3O/c1-16-7-9-18(10-8-16)22-20(11-3-4-12-20)19(24)23(2)15-17-6-5-13-21-14-17/h7-10,17,21-22H,3-6,11-15H2,1-2H3. The number of nitrogens with one attached hydrogen (secondary N) is 2. The van der Waals surface area contributed by atoms with Crippen LogP contribution in [0.15, 0.2) is 24.3 Å². The van der Waals surface area contributed by atoms with E-state index in [1.807, 2.05) is 11.9 Å². The van der Waals surface area contributed by atoms with Crippen LogP contribution >= 0.6 is 0 Å². The quantitative estimate of drug-likeness (QED) is 0.872. The largest absolute Gasteiger partial charge is 0.371 e. The highest BCUT2D eigenvalue weighted by molar-refractivity contribution is 5.89. The fourth-order valence-electron chi connectivity index (χ4n) is 4.20. The minimum atomic E-state index is -0.411. The number of benzene rings is 1. The second-order valence-corrected chi connectivity index (χ2v) is 7.68. The number of nitrogens with zero attached hydrogens (tertiary/aromatic N) is 1. The normalized spacial score (nSPS) is 23.0. The van der Waals surface area contributed by atoms with Crippen molar-refractivity contribution in [1.29, 1.82) is 0 Å². The Morgan fingerprint density at radius 1 is 1.25 bits per heavy atom. The topological polar surface area (TPSA) is 44.4 Å². The monoisotopic (exact) mass is 329 g/mol. The molecule has 1 heterocycles. The Morgan fingerprint density at radius 3 is 2.58 bits per heavy atom. The summed E-state index contributed by atoms with van der Waals surface area (Å²) in [5, 5.41) is 7.04. The van der Waals surface area contributed by atoms with Gasteiger partial charge in [0.25, 0.3) is 0 Å². The molecule has 1 unspecified atom stereocenters. The zero-order valence-corrected chi connectivity index (χ0v) is 15.1. The number of hydrogen-bond donors (Lipinski definition) is 2. The maximum atomic E-state index is 13.3. The van der Waals surface area contributed by atoms with Gasteiger partial charge in [-0.15, -0.1) is 0 Å². The summed E-state index contributed by atoms with van der Waals surface area (Å²) >= 11 is 0. The molecule has 2 fully saturated rings. The van der Waals surface area contributed by atoms with E-state index < -0.39 is 5.54 Å². The molecule has 24 heavy (non-hydrogen) atoms. The van der Waals surface area contributed by atoms with Gasteiger partial charge in [-0.1, -0.05) is 30.5 Å². The lowest BCUT2D eigenvalue weighted by Crippen LogP contribution is -2.53. The van der Waals surface area contributed by atoms with E-state index in [1.165, 1.54) is 18.4 Å². The van der Waals surface area contributed by atoms with Crippen LogP contribution in [-0.2, 0) is 4.79 Å². The van der Waals surface area contributed by atoms with Crippen LogP contribution in [0.5, 0.6) is 0 Å². The Bertz CT molecular complexity index is 543. The molecule has 1 aromatic rings. The van der Waals surface area contributed by atoms with E-state index in [0.717, 1.165) is 51.0 Å². The molecular formula is C20H31N3O. The van der Waals surface area contributed by atoms with Crippen LogP contribution in [-0.4, -0.2) is 43.0 Å². The summed E-state index contributed by atoms with van der Waals surface area (Å²) in [6.45, 7) is 5.11. The summed E-state index contributed by atoms with van der Waals surface area (Å²) in [6.07, 6.45) is 6.58. The molecule has 2 aliphatic rings. The second kappa shape index (κ2) is 7.56. The summed E-state index contributed by atoms with van der Waals surface area (Å²) in [5.41, 5.74) is 1.89. The van der Waals surface area contributed by atoms with Crippen LogP contribution in [0.3, 0.4) is 0 Å². The molecule has 0 spiro atoms. The highest BCUT2D eigenvalue weighted by atomic mass is 16.2. The number of anilines is 1. The van der Waals surface area contributed by atoms with Gasteiger partial charge in [0.05, 0.1) is 0 Å². The maximum Gasteiger partial charge on any atom is 0.247 e. The van der Waals surface area contributed by atoms with Gasteiger partial charge in [0, 0.05) is 19.3 Å². The van der Waals surface area contributed by atoms with Gasteiger partial charge in [0.15, 0.2) is 0 Å². The lowest BCUT2D eigenvalue weighted by atomic mass is 9.93.